The number of rotatable bonds is 60. The van der Waals surface area contributed by atoms with E-state index < -0.39 is 113 Å². The number of ether oxygens (including phenoxy) is 7. The van der Waals surface area contributed by atoms with E-state index in [1.165, 1.54) is 5.56 Å². The lowest BCUT2D eigenvalue weighted by Crippen LogP contribution is -2.45. The van der Waals surface area contributed by atoms with Crippen molar-refractivity contribution in [3.63, 3.8) is 0 Å². The summed E-state index contributed by atoms with van der Waals surface area (Å²) in [6, 6.07) is 18.3. The zero-order chi connectivity index (χ0) is 92.6. The topological polar surface area (TPSA) is 507 Å². The van der Waals surface area contributed by atoms with Gasteiger partial charge in [-0.25, -0.2) is 27.6 Å². The van der Waals surface area contributed by atoms with Crippen LogP contribution in [-0.4, -0.2) is 199 Å². The molecule has 124 heavy (non-hydrogen) atoms. The van der Waals surface area contributed by atoms with E-state index in [-0.39, 0.29) is 189 Å². The molecule has 6 atom stereocenters. The predicted octanol–water partition coefficient (Wildman–Crippen LogP) is 8.94. The van der Waals surface area contributed by atoms with Gasteiger partial charge in [0.1, 0.15) is 0 Å². The quantitative estimate of drug-likeness (QED) is 0.00489. The highest BCUT2D eigenvalue weighted by atomic mass is 19.2. The maximum Gasteiger partial charge on any atom is 0.313 e. The third-order valence-corrected chi connectivity index (χ3v) is 18.9. The molecule has 4 rings (SSSR count). The maximum absolute atomic E-state index is 13.6. The van der Waals surface area contributed by atoms with Crippen molar-refractivity contribution >= 4 is 94.0 Å². The number of anilines is 3. The van der Waals surface area contributed by atoms with Gasteiger partial charge in [-0.1, -0.05) is 98.7 Å². The van der Waals surface area contributed by atoms with Gasteiger partial charge in [-0.15, -0.1) is 0 Å². The summed E-state index contributed by atoms with van der Waals surface area (Å²) in [5, 5.41) is 30.1. The maximum atomic E-state index is 13.6. The van der Waals surface area contributed by atoms with Crippen molar-refractivity contribution in [3.8, 4) is 5.75 Å². The first-order valence-corrected chi connectivity index (χ1v) is 41.5. The molecule has 0 saturated heterocycles. The van der Waals surface area contributed by atoms with Gasteiger partial charge in [0.25, 0.3) is 0 Å². The zero-order valence-corrected chi connectivity index (χ0v) is 72.4. The Balaban J connectivity index is 0.000000665. The number of carbonyl (C=O) groups is 13. The number of urea groups is 3. The van der Waals surface area contributed by atoms with Crippen LogP contribution in [0.15, 0.2) is 72.8 Å². The molecule has 0 heterocycles. The van der Waals surface area contributed by atoms with Crippen LogP contribution < -0.4 is 70.2 Å². The third-order valence-electron chi connectivity index (χ3n) is 18.9. The Morgan fingerprint density at radius 1 is 0.371 bits per heavy atom. The Hall–Kier alpha value is -10.6. The van der Waals surface area contributed by atoms with Gasteiger partial charge in [0, 0.05) is 86.6 Å². The van der Waals surface area contributed by atoms with Crippen LogP contribution in [0.3, 0.4) is 0 Å². The van der Waals surface area contributed by atoms with E-state index in [0.29, 0.717) is 62.3 Å². The van der Waals surface area contributed by atoms with E-state index in [4.69, 9.17) is 56.5 Å². The van der Waals surface area contributed by atoms with Gasteiger partial charge in [-0.3, -0.25) is 47.9 Å². The number of halogens is 5. The largest absolute Gasteiger partial charge is 0.481 e. The fourth-order valence-electron chi connectivity index (χ4n) is 11.6. The minimum Gasteiger partial charge on any atom is -0.481 e. The van der Waals surface area contributed by atoms with Gasteiger partial charge in [-0.2, -0.15) is 8.78 Å². The monoisotopic (exact) mass is 1760 g/mol. The molecule has 0 aromatic heterocycles. The number of hydrogen-bond acceptors (Lipinski definition) is 21. The first-order valence-electron chi connectivity index (χ1n) is 41.5. The normalized spacial score (nSPS) is 12.5. The number of carboxylic acids is 1. The molecule has 0 aliphatic heterocycles. The molecular formula is C86H127F5N12O21. The molecule has 11 amide bonds. The number of esters is 1. The molecule has 0 radical (unpaired) electrons. The number of primary amides is 3. The van der Waals surface area contributed by atoms with Gasteiger partial charge in [0.15, 0.2) is 17.3 Å². The van der Waals surface area contributed by atoms with Crippen LogP contribution >= 0.6 is 0 Å². The Bertz CT molecular complexity index is 3940. The number of Topliss-reactive ketones (excluding diaryl/α,β-unsaturated/α-hetero) is 3. The van der Waals surface area contributed by atoms with Gasteiger partial charge in [-0.05, 0) is 129 Å². The van der Waals surface area contributed by atoms with E-state index in [1.807, 2.05) is 102 Å². The molecule has 33 nitrogen and oxygen atoms in total. The highest BCUT2D eigenvalue weighted by molar-refractivity contribution is 5.99. The van der Waals surface area contributed by atoms with E-state index in [0.717, 1.165) is 30.4 Å². The highest BCUT2D eigenvalue weighted by Gasteiger charge is 2.34. The second-order valence-electron chi connectivity index (χ2n) is 29.8. The molecule has 0 saturated carbocycles. The average Bonchev–Trinajstić information content (AvgIpc) is 0.795. The highest BCUT2D eigenvalue weighted by Crippen LogP contribution is 2.30. The van der Waals surface area contributed by atoms with Crippen LogP contribution in [0.1, 0.15) is 162 Å². The first kappa shape index (κ1) is 109. The Morgan fingerprint density at radius 2 is 0.645 bits per heavy atom. The molecule has 4 aromatic rings. The molecule has 0 bridgehead atoms. The lowest BCUT2D eigenvalue weighted by atomic mass is 9.89. The van der Waals surface area contributed by atoms with Crippen molar-refractivity contribution in [1.82, 2.24) is 26.6 Å². The van der Waals surface area contributed by atoms with Crippen molar-refractivity contribution in [3.05, 3.63) is 119 Å². The molecule has 38 heteroatoms. The van der Waals surface area contributed by atoms with Crippen LogP contribution in [-0.2, 0) is 95.6 Å². The number of hydrogen-bond donors (Lipinski definition) is 13. The number of benzene rings is 4. The number of aliphatic carboxylic acids is 1. The van der Waals surface area contributed by atoms with Crippen LogP contribution in [0.5, 0.6) is 5.75 Å². The molecule has 0 spiro atoms. The molecule has 4 aromatic carbocycles. The lowest BCUT2D eigenvalue weighted by Gasteiger charge is -2.24. The second kappa shape index (κ2) is 62.5. The van der Waals surface area contributed by atoms with Crippen molar-refractivity contribution in [2.75, 3.05) is 115 Å². The van der Waals surface area contributed by atoms with E-state index in [2.05, 4.69) is 54.2 Å². The van der Waals surface area contributed by atoms with Crippen LogP contribution in [0.2, 0.25) is 0 Å². The summed E-state index contributed by atoms with van der Waals surface area (Å²) in [4.78, 5) is 158. The van der Waals surface area contributed by atoms with Crippen molar-refractivity contribution in [2.24, 2.45) is 58.4 Å². The number of ketones is 3. The van der Waals surface area contributed by atoms with Gasteiger partial charge in [0.05, 0.1) is 110 Å². The Labute approximate surface area is 721 Å². The van der Waals surface area contributed by atoms with Crippen molar-refractivity contribution < 1.29 is 123 Å². The molecule has 0 aliphatic carbocycles. The minimum absolute atomic E-state index is 0.0122. The number of carboxylic acid groups (broad SMARTS) is 1. The zero-order valence-electron chi connectivity index (χ0n) is 72.4. The SMILES string of the molecule is CCc1ccc(NC(=O)[C@H](CCCNC(N)=O)CC(=O)[C@@H](N)C(C)C)cc1.CCc1ccc(NC(=O)[C@H](CCCNC(N)=O)CC(=O)[C@@H](NC(=O)CCOCCOCCOCCC(=O)O)C(C)C)cc1.CCc1ccc(NC(=O)[C@H](CCCNC(N)=O)CC(=O)[C@@H](NC(=O)CCOCCOCCOCCC(=O)Oc2c(F)c(F)c(F)c(F)c2F)C(C)C)cc1. The van der Waals surface area contributed by atoms with E-state index in [9.17, 15) is 84.3 Å². The summed E-state index contributed by atoms with van der Waals surface area (Å²) < 4.78 is 103. The summed E-state index contributed by atoms with van der Waals surface area (Å²) >= 11 is 0. The molecule has 0 aliphatic rings. The summed E-state index contributed by atoms with van der Waals surface area (Å²) in [5.41, 5.74) is 26.5. The van der Waals surface area contributed by atoms with E-state index in [1.54, 1.807) is 26.0 Å². The molecular weight excluding hydrogens is 1630 g/mol. The lowest BCUT2D eigenvalue weighted by molar-refractivity contribution is -0.138. The standard InChI is InChI=1S/C36H47F5N4O9.C30H48N4O9.C20H32N4O3/c1-4-22-7-9-24(10-8-22)44-35(49)23(6-5-13-43-36(42)50)20-25(46)33(21(2)3)45-26(47)11-14-51-16-18-53-19-17-52-15-12-27(48)54-34-31(40)29(38)28(37)30(39)32(34)41;1-4-22-7-9-24(10-8-22)33-29(39)23(6-5-13-32-30(31)40)20-25(35)28(21(2)3)34-26(36)11-14-41-16-18-43-19-17-42-15-12-27(37)38;1-4-14-7-9-16(10-8-14)24-19(26)15(6-5-11-23-20(22)27)12-17(25)18(21)13(2)3/h7-10,21,23,33H,4-6,11-20H2,1-3H3,(H,44,49)(H,45,47)(H3,42,43,50);7-10,21,23,28H,4-6,11-20H2,1-3H3,(H,33,39)(H,34,36)(H,37,38)(H3,31,32,40);7-10,13,15,18H,4-6,11-12,21H2,1-3H3,(H,24,26)(H3,22,23,27)/t23-,33+;23-,28+;15-,18+/m111/s1. The van der Waals surface area contributed by atoms with Gasteiger partial charge >= 0.3 is 30.0 Å². The predicted molar refractivity (Wildman–Crippen MR) is 452 cm³/mol. The smallest absolute Gasteiger partial charge is 0.313 e. The first-order chi connectivity index (χ1) is 58.9. The number of nitrogens with one attached hydrogen (secondary N) is 8. The van der Waals surface area contributed by atoms with Gasteiger partial charge < -0.3 is 104 Å². The summed E-state index contributed by atoms with van der Waals surface area (Å²) in [7, 11) is 0. The van der Waals surface area contributed by atoms with Crippen LogP contribution in [0.25, 0.3) is 0 Å². The summed E-state index contributed by atoms with van der Waals surface area (Å²) in [6.45, 7) is 19.3. The van der Waals surface area contributed by atoms with Crippen molar-refractivity contribution in [2.45, 2.75) is 183 Å². The number of carbonyl (C=O) groups excluding carboxylic acids is 12. The third kappa shape index (κ3) is 46.7. The summed E-state index contributed by atoms with van der Waals surface area (Å²) in [6.07, 6.45) is 4.34. The second-order valence-corrected chi connectivity index (χ2v) is 29.8. The fourth-order valence-corrected chi connectivity index (χ4v) is 11.6. The van der Waals surface area contributed by atoms with E-state index >= 15 is 0 Å². The average molecular weight is 1760 g/mol. The Kier molecular flexibility index (Phi) is 55.1. The molecule has 0 unspecified atom stereocenters. The van der Waals surface area contributed by atoms with Crippen LogP contribution in [0.4, 0.5) is 53.4 Å². The molecule has 692 valence electrons. The van der Waals surface area contributed by atoms with Gasteiger partial charge in [0.2, 0.25) is 64.4 Å². The van der Waals surface area contributed by atoms with Crippen LogP contribution in [0, 0.1) is 64.6 Å². The number of nitrogens with two attached hydrogens (primary N) is 4. The molecule has 17 N–H and O–H groups in total. The number of amides is 11. The summed E-state index contributed by atoms with van der Waals surface area (Å²) in [5.74, 6) is -20.1. The fraction of sp³-hybridized carbons (Fsp3) is 0.570. The molecule has 0 fully saturated rings. The minimum atomic E-state index is -2.38. The number of aryl methyl sites for hydroxylation is 3. The Morgan fingerprint density at radius 3 is 0.919 bits per heavy atom. The van der Waals surface area contributed by atoms with Crippen molar-refractivity contribution in [1.29, 1.82) is 0 Å².